The third kappa shape index (κ3) is 4.79. The van der Waals surface area contributed by atoms with Gasteiger partial charge in [-0.05, 0) is 44.2 Å². The van der Waals surface area contributed by atoms with Crippen LogP contribution in [0.4, 0.5) is 0 Å². The Balaban J connectivity index is 2.33. The molecular formula is C13H23NO2. The molecule has 92 valence electrons. The van der Waals surface area contributed by atoms with Gasteiger partial charge >= 0.3 is 5.97 Å². The van der Waals surface area contributed by atoms with Gasteiger partial charge in [0.05, 0.1) is 0 Å². The predicted octanol–water partition coefficient (Wildman–Crippen LogP) is 2.39. The highest BCUT2D eigenvalue weighted by Crippen LogP contribution is 2.24. The first-order valence-corrected chi connectivity index (χ1v) is 6.21. The number of carboxylic acids is 1. The van der Waals surface area contributed by atoms with Crippen LogP contribution in [0.5, 0.6) is 0 Å². The minimum Gasteiger partial charge on any atom is -0.478 e. The Kier molecular flexibility index (Phi) is 5.53. The highest BCUT2D eigenvalue weighted by Gasteiger charge is 2.18. The molecule has 0 aromatic heterocycles. The van der Waals surface area contributed by atoms with Crippen LogP contribution in [0.1, 0.15) is 33.1 Å². The van der Waals surface area contributed by atoms with E-state index in [1.807, 2.05) is 0 Å². The zero-order chi connectivity index (χ0) is 12.0. The number of hydrogen-bond acceptors (Lipinski definition) is 2. The summed E-state index contributed by atoms with van der Waals surface area (Å²) in [6.45, 7) is 7.58. The summed E-state index contributed by atoms with van der Waals surface area (Å²) >= 11 is 0. The number of carbonyl (C=O) groups is 1. The number of hydrogen-bond donors (Lipinski definition) is 1. The van der Waals surface area contributed by atoms with E-state index in [2.05, 4.69) is 18.7 Å². The standard InChI is InChI=1S/C13H23NO2/c1-11(2)12-5-3-8-14(10-7-12)9-4-6-13(15)16/h4,6,11-12H,3,5,7-10H2,1-2H3,(H,15,16)/b6-4+. The fraction of sp³-hybridized carbons (Fsp3) is 0.769. The lowest BCUT2D eigenvalue weighted by atomic mass is 9.89. The lowest BCUT2D eigenvalue weighted by Crippen LogP contribution is -2.25. The number of nitrogens with zero attached hydrogens (tertiary/aromatic N) is 1. The molecule has 1 fully saturated rings. The molecule has 0 amide bonds. The zero-order valence-electron chi connectivity index (χ0n) is 10.4. The monoisotopic (exact) mass is 225 g/mol. The smallest absolute Gasteiger partial charge is 0.328 e. The summed E-state index contributed by atoms with van der Waals surface area (Å²) in [7, 11) is 0. The van der Waals surface area contributed by atoms with Gasteiger partial charge in [0.15, 0.2) is 0 Å². The third-order valence-electron chi connectivity index (χ3n) is 3.43. The van der Waals surface area contributed by atoms with E-state index in [0.29, 0.717) is 0 Å². The van der Waals surface area contributed by atoms with Crippen molar-refractivity contribution >= 4 is 5.97 Å². The molecule has 0 aromatic carbocycles. The SMILES string of the molecule is CC(C)C1CCCN(C/C=C/C(=O)O)CC1. The van der Waals surface area contributed by atoms with E-state index < -0.39 is 5.97 Å². The number of aliphatic carboxylic acids is 1. The molecule has 1 unspecified atom stereocenters. The number of likely N-dealkylation sites (tertiary alicyclic amines) is 1. The quantitative estimate of drug-likeness (QED) is 0.747. The summed E-state index contributed by atoms with van der Waals surface area (Å²) in [4.78, 5) is 12.7. The van der Waals surface area contributed by atoms with Crippen molar-refractivity contribution in [2.24, 2.45) is 11.8 Å². The van der Waals surface area contributed by atoms with E-state index in [1.165, 1.54) is 25.3 Å². The maximum atomic E-state index is 10.3. The molecule has 0 spiro atoms. The summed E-state index contributed by atoms with van der Waals surface area (Å²) < 4.78 is 0. The minimum atomic E-state index is -0.852. The predicted molar refractivity (Wildman–Crippen MR) is 65.4 cm³/mol. The lowest BCUT2D eigenvalue weighted by molar-refractivity contribution is -0.131. The summed E-state index contributed by atoms with van der Waals surface area (Å²) in [5, 5.41) is 8.51. The van der Waals surface area contributed by atoms with Crippen LogP contribution in [0.15, 0.2) is 12.2 Å². The Bertz CT molecular complexity index is 248. The second-order valence-corrected chi connectivity index (χ2v) is 4.98. The Hall–Kier alpha value is -0.830. The average molecular weight is 225 g/mol. The normalized spacial score (nSPS) is 23.8. The number of carboxylic acid groups (broad SMARTS) is 1. The van der Waals surface area contributed by atoms with Gasteiger partial charge in [-0.3, -0.25) is 4.90 Å². The highest BCUT2D eigenvalue weighted by molar-refractivity contribution is 5.79. The van der Waals surface area contributed by atoms with Crippen molar-refractivity contribution in [3.8, 4) is 0 Å². The molecule has 1 aliphatic heterocycles. The molecule has 0 bridgehead atoms. The van der Waals surface area contributed by atoms with Crippen LogP contribution < -0.4 is 0 Å². The van der Waals surface area contributed by atoms with E-state index in [1.54, 1.807) is 6.08 Å². The highest BCUT2D eigenvalue weighted by atomic mass is 16.4. The van der Waals surface area contributed by atoms with Crippen LogP contribution in [-0.4, -0.2) is 35.6 Å². The van der Waals surface area contributed by atoms with Crippen LogP contribution in [0.3, 0.4) is 0 Å². The fourth-order valence-corrected chi connectivity index (χ4v) is 2.33. The Morgan fingerprint density at radius 1 is 1.44 bits per heavy atom. The van der Waals surface area contributed by atoms with Crippen molar-refractivity contribution in [3.05, 3.63) is 12.2 Å². The summed E-state index contributed by atoms with van der Waals surface area (Å²) in [6.07, 6.45) is 6.79. The van der Waals surface area contributed by atoms with E-state index in [4.69, 9.17) is 5.11 Å². The largest absolute Gasteiger partial charge is 0.478 e. The van der Waals surface area contributed by atoms with Crippen LogP contribution in [0.25, 0.3) is 0 Å². The van der Waals surface area contributed by atoms with Crippen molar-refractivity contribution in [3.63, 3.8) is 0 Å². The number of rotatable bonds is 4. The second-order valence-electron chi connectivity index (χ2n) is 4.98. The van der Waals surface area contributed by atoms with Gasteiger partial charge < -0.3 is 5.11 Å². The fourth-order valence-electron chi connectivity index (χ4n) is 2.33. The van der Waals surface area contributed by atoms with Gasteiger partial charge in [0.1, 0.15) is 0 Å². The van der Waals surface area contributed by atoms with Crippen molar-refractivity contribution in [1.29, 1.82) is 0 Å². The topological polar surface area (TPSA) is 40.5 Å². The zero-order valence-corrected chi connectivity index (χ0v) is 10.4. The van der Waals surface area contributed by atoms with E-state index in [9.17, 15) is 4.79 Å². The molecule has 3 heteroatoms. The molecule has 1 rings (SSSR count). The van der Waals surface area contributed by atoms with Crippen molar-refractivity contribution in [2.75, 3.05) is 19.6 Å². The molecule has 3 nitrogen and oxygen atoms in total. The molecule has 1 aliphatic rings. The average Bonchev–Trinajstić information content (AvgIpc) is 2.42. The van der Waals surface area contributed by atoms with Gasteiger partial charge in [0.25, 0.3) is 0 Å². The van der Waals surface area contributed by atoms with Crippen LogP contribution in [0.2, 0.25) is 0 Å². The van der Waals surface area contributed by atoms with Gasteiger partial charge in [-0.15, -0.1) is 0 Å². The van der Waals surface area contributed by atoms with Gasteiger partial charge in [0.2, 0.25) is 0 Å². The van der Waals surface area contributed by atoms with Gasteiger partial charge in [-0.1, -0.05) is 19.9 Å². The van der Waals surface area contributed by atoms with Crippen molar-refractivity contribution in [1.82, 2.24) is 4.90 Å². The third-order valence-corrected chi connectivity index (χ3v) is 3.43. The molecule has 1 heterocycles. The second kappa shape index (κ2) is 6.69. The molecule has 0 aliphatic carbocycles. The molecule has 16 heavy (non-hydrogen) atoms. The van der Waals surface area contributed by atoms with Crippen LogP contribution >= 0.6 is 0 Å². The maximum Gasteiger partial charge on any atom is 0.328 e. The molecule has 1 N–H and O–H groups in total. The first-order valence-electron chi connectivity index (χ1n) is 6.21. The minimum absolute atomic E-state index is 0.773. The van der Waals surface area contributed by atoms with E-state index >= 15 is 0 Å². The van der Waals surface area contributed by atoms with Crippen molar-refractivity contribution < 1.29 is 9.90 Å². The molecule has 1 atom stereocenters. The van der Waals surface area contributed by atoms with Gasteiger partial charge in [0, 0.05) is 12.6 Å². The lowest BCUT2D eigenvalue weighted by Gasteiger charge is -2.19. The molecule has 0 aromatic rings. The van der Waals surface area contributed by atoms with Gasteiger partial charge in [-0.2, -0.15) is 0 Å². The first-order chi connectivity index (χ1) is 7.59. The van der Waals surface area contributed by atoms with Crippen molar-refractivity contribution in [2.45, 2.75) is 33.1 Å². The summed E-state index contributed by atoms with van der Waals surface area (Å²) in [5.41, 5.74) is 0. The Morgan fingerprint density at radius 3 is 2.81 bits per heavy atom. The molecule has 0 saturated carbocycles. The van der Waals surface area contributed by atoms with E-state index in [-0.39, 0.29) is 0 Å². The van der Waals surface area contributed by atoms with Gasteiger partial charge in [-0.25, -0.2) is 4.79 Å². The summed E-state index contributed by atoms with van der Waals surface area (Å²) in [5.74, 6) is 0.762. The Morgan fingerprint density at radius 2 is 2.19 bits per heavy atom. The first kappa shape index (κ1) is 13.2. The molecular weight excluding hydrogens is 202 g/mol. The molecule has 0 radical (unpaired) electrons. The Labute approximate surface area is 98.1 Å². The van der Waals surface area contributed by atoms with E-state index in [0.717, 1.165) is 31.5 Å². The summed E-state index contributed by atoms with van der Waals surface area (Å²) in [6, 6.07) is 0. The maximum absolute atomic E-state index is 10.3. The van der Waals surface area contributed by atoms with Crippen LogP contribution in [0, 0.1) is 11.8 Å². The molecule has 1 saturated heterocycles. The van der Waals surface area contributed by atoms with Crippen LogP contribution in [-0.2, 0) is 4.79 Å².